The second kappa shape index (κ2) is 8.00. The fourth-order valence-corrected chi connectivity index (χ4v) is 5.36. The van der Waals surface area contributed by atoms with Crippen molar-refractivity contribution in [2.45, 2.75) is 6.42 Å². The van der Waals surface area contributed by atoms with Crippen LogP contribution in [0.4, 0.5) is 30.4 Å². The molecule has 0 unspecified atom stereocenters. The molecule has 7 nitrogen and oxygen atoms in total. The maximum absolute atomic E-state index is 15.3. The van der Waals surface area contributed by atoms with Crippen molar-refractivity contribution >= 4 is 38.1 Å². The van der Waals surface area contributed by atoms with Crippen molar-refractivity contribution in [1.29, 1.82) is 0 Å². The summed E-state index contributed by atoms with van der Waals surface area (Å²) in [5.74, 6) is -2.67. The molecule has 2 aromatic carbocycles. The van der Waals surface area contributed by atoms with Gasteiger partial charge in [0.1, 0.15) is 23.6 Å². The summed E-state index contributed by atoms with van der Waals surface area (Å²) in [5.41, 5.74) is 0.386. The zero-order valence-corrected chi connectivity index (χ0v) is 17.8. The first-order valence-corrected chi connectivity index (χ1v) is 11.6. The molecule has 1 fully saturated rings. The molecule has 1 saturated heterocycles. The number of aromatic nitrogens is 3. The Balaban J connectivity index is 1.61. The number of hydrogen-bond acceptors (Lipinski definition) is 6. The quantitative estimate of drug-likeness (QED) is 0.444. The number of halogens is 3. The van der Waals surface area contributed by atoms with Crippen LogP contribution in [0.25, 0.3) is 22.0 Å². The van der Waals surface area contributed by atoms with Crippen molar-refractivity contribution in [3.63, 3.8) is 0 Å². The van der Waals surface area contributed by atoms with Crippen molar-refractivity contribution < 1.29 is 21.6 Å². The minimum Gasteiger partial charge on any atom is -0.335 e. The van der Waals surface area contributed by atoms with Gasteiger partial charge in [-0.3, -0.25) is 4.31 Å². The predicted octanol–water partition coefficient (Wildman–Crippen LogP) is 4.39. The van der Waals surface area contributed by atoms with Crippen LogP contribution in [0, 0.1) is 17.6 Å². The summed E-state index contributed by atoms with van der Waals surface area (Å²) >= 11 is 0. The number of hydrogen-bond donors (Lipinski definition) is 1. The van der Waals surface area contributed by atoms with E-state index < -0.39 is 33.3 Å². The van der Waals surface area contributed by atoms with Crippen LogP contribution in [0.15, 0.2) is 55.0 Å². The Morgan fingerprint density at radius 1 is 1.00 bits per heavy atom. The molecule has 33 heavy (non-hydrogen) atoms. The summed E-state index contributed by atoms with van der Waals surface area (Å²) in [5, 5.41) is 3.02. The van der Waals surface area contributed by atoms with Crippen LogP contribution in [-0.2, 0) is 10.0 Å². The molecular formula is C22H16F3N5O2S. The van der Waals surface area contributed by atoms with Gasteiger partial charge in [0.15, 0.2) is 5.82 Å². The molecule has 0 aliphatic carbocycles. The third-order valence-electron chi connectivity index (χ3n) is 5.39. The number of rotatable bonds is 4. The Bertz CT molecular complexity index is 1500. The molecule has 0 saturated carbocycles. The minimum absolute atomic E-state index is 0.0744. The summed E-state index contributed by atoms with van der Waals surface area (Å²) in [6, 6.07) is 10.1. The van der Waals surface area contributed by atoms with E-state index in [1.807, 2.05) is 0 Å². The lowest BCUT2D eigenvalue weighted by atomic mass is 10.0. The lowest BCUT2D eigenvalue weighted by Crippen LogP contribution is -2.26. The molecule has 0 spiro atoms. The Kier molecular flexibility index (Phi) is 5.12. The second-order valence-corrected chi connectivity index (χ2v) is 9.43. The van der Waals surface area contributed by atoms with E-state index in [2.05, 4.69) is 20.3 Å². The Morgan fingerprint density at radius 2 is 1.85 bits per heavy atom. The van der Waals surface area contributed by atoms with Crippen LogP contribution in [0.3, 0.4) is 0 Å². The highest BCUT2D eigenvalue weighted by molar-refractivity contribution is 7.93. The molecule has 168 valence electrons. The number of benzene rings is 2. The van der Waals surface area contributed by atoms with E-state index >= 15 is 4.39 Å². The molecule has 4 aromatic rings. The van der Waals surface area contributed by atoms with E-state index in [1.165, 1.54) is 12.5 Å². The van der Waals surface area contributed by atoms with Gasteiger partial charge in [0.25, 0.3) is 0 Å². The molecule has 2 aromatic heterocycles. The first-order valence-electron chi connectivity index (χ1n) is 9.96. The summed E-state index contributed by atoms with van der Waals surface area (Å²) in [6.45, 7) is 0.112. The monoisotopic (exact) mass is 471 g/mol. The SMILES string of the molecule is O=S1(=O)CCCN1c1ccc(F)c(Nc2ncnc3ccc(-c4cccnc4F)cc23)c1F. The van der Waals surface area contributed by atoms with Gasteiger partial charge in [0.05, 0.1) is 17.0 Å². The molecular weight excluding hydrogens is 455 g/mol. The maximum Gasteiger partial charge on any atom is 0.235 e. The second-order valence-electron chi connectivity index (χ2n) is 7.42. The van der Waals surface area contributed by atoms with Gasteiger partial charge >= 0.3 is 0 Å². The maximum atomic E-state index is 15.3. The Hall–Kier alpha value is -3.73. The van der Waals surface area contributed by atoms with Gasteiger partial charge in [0.2, 0.25) is 16.0 Å². The molecule has 0 amide bonds. The van der Waals surface area contributed by atoms with Gasteiger partial charge in [-0.1, -0.05) is 6.07 Å². The highest BCUT2D eigenvalue weighted by Gasteiger charge is 2.32. The standard InChI is InChI=1S/C22H16F3N5O2S/c23-16-5-7-18(30-9-2-10-33(30,31)32)19(24)20(16)29-22-15-11-13(4-6-17(15)27-12-28-22)14-3-1-8-26-21(14)25/h1,3-8,11-12H,2,9-10H2,(H,27,28,29). The lowest BCUT2D eigenvalue weighted by Gasteiger charge is -2.20. The predicted molar refractivity (Wildman–Crippen MR) is 118 cm³/mol. The van der Waals surface area contributed by atoms with Crippen molar-refractivity contribution in [1.82, 2.24) is 15.0 Å². The third-order valence-corrected chi connectivity index (χ3v) is 7.24. The molecule has 1 aliphatic rings. The lowest BCUT2D eigenvalue weighted by molar-refractivity contribution is 0.584. The summed E-state index contributed by atoms with van der Waals surface area (Å²) in [4.78, 5) is 11.9. The van der Waals surface area contributed by atoms with E-state index in [1.54, 1.807) is 30.3 Å². The minimum atomic E-state index is -3.66. The van der Waals surface area contributed by atoms with Crippen molar-refractivity contribution in [3.8, 4) is 11.1 Å². The van der Waals surface area contributed by atoms with Gasteiger partial charge in [-0.15, -0.1) is 0 Å². The van der Waals surface area contributed by atoms with Crippen molar-refractivity contribution in [2.75, 3.05) is 21.9 Å². The molecule has 5 rings (SSSR count). The molecule has 11 heteroatoms. The Labute approximate surface area is 187 Å². The van der Waals surface area contributed by atoms with Gasteiger partial charge in [-0.25, -0.2) is 32.2 Å². The van der Waals surface area contributed by atoms with Crippen LogP contribution in [-0.4, -0.2) is 35.7 Å². The molecule has 1 aliphatic heterocycles. The number of nitrogens with zero attached hydrogens (tertiary/aromatic N) is 4. The normalized spacial score (nSPS) is 15.2. The molecule has 0 radical (unpaired) electrons. The molecule has 3 heterocycles. The molecule has 0 bridgehead atoms. The number of anilines is 3. The summed E-state index contributed by atoms with van der Waals surface area (Å²) in [6.07, 6.45) is 2.90. The van der Waals surface area contributed by atoms with Crippen molar-refractivity contribution in [2.24, 2.45) is 0 Å². The first kappa shape index (κ1) is 21.1. The van der Waals surface area contributed by atoms with E-state index in [0.717, 1.165) is 16.4 Å². The highest BCUT2D eigenvalue weighted by atomic mass is 32.2. The van der Waals surface area contributed by atoms with Gasteiger partial charge in [-0.2, -0.15) is 4.39 Å². The molecule has 1 N–H and O–H groups in total. The summed E-state index contributed by atoms with van der Waals surface area (Å²) < 4.78 is 69.5. The number of nitrogens with one attached hydrogen (secondary N) is 1. The number of pyridine rings is 1. The van der Waals surface area contributed by atoms with E-state index in [4.69, 9.17) is 0 Å². The van der Waals surface area contributed by atoms with Crippen LogP contribution in [0.5, 0.6) is 0 Å². The van der Waals surface area contributed by atoms with Crippen LogP contribution < -0.4 is 9.62 Å². The number of sulfonamides is 1. The fourth-order valence-electron chi connectivity index (χ4n) is 3.80. The largest absolute Gasteiger partial charge is 0.335 e. The Morgan fingerprint density at radius 3 is 2.61 bits per heavy atom. The third kappa shape index (κ3) is 3.74. The zero-order valence-electron chi connectivity index (χ0n) is 17.0. The first-order chi connectivity index (χ1) is 15.8. The van der Waals surface area contributed by atoms with E-state index in [-0.39, 0.29) is 29.4 Å². The topological polar surface area (TPSA) is 88.1 Å². The van der Waals surface area contributed by atoms with Crippen LogP contribution in [0.2, 0.25) is 0 Å². The number of fused-ring (bicyclic) bond motifs is 1. The molecule has 0 atom stereocenters. The average Bonchev–Trinajstić information content (AvgIpc) is 3.15. The van der Waals surface area contributed by atoms with E-state index in [9.17, 15) is 17.2 Å². The van der Waals surface area contributed by atoms with Gasteiger partial charge < -0.3 is 5.32 Å². The average molecular weight is 471 g/mol. The van der Waals surface area contributed by atoms with Crippen LogP contribution >= 0.6 is 0 Å². The highest BCUT2D eigenvalue weighted by Crippen LogP contribution is 2.35. The van der Waals surface area contributed by atoms with Crippen molar-refractivity contribution in [3.05, 3.63) is 72.6 Å². The fraction of sp³-hybridized carbons (Fsp3) is 0.136. The summed E-state index contributed by atoms with van der Waals surface area (Å²) in [7, 11) is -3.66. The smallest absolute Gasteiger partial charge is 0.235 e. The zero-order chi connectivity index (χ0) is 23.2. The van der Waals surface area contributed by atoms with Gasteiger partial charge in [-0.05, 0) is 48.4 Å². The van der Waals surface area contributed by atoms with Gasteiger partial charge in [0, 0.05) is 23.7 Å². The van der Waals surface area contributed by atoms with Crippen LogP contribution in [0.1, 0.15) is 6.42 Å². The van der Waals surface area contributed by atoms with E-state index in [0.29, 0.717) is 22.9 Å².